The lowest BCUT2D eigenvalue weighted by Gasteiger charge is -2.13. The highest BCUT2D eigenvalue weighted by molar-refractivity contribution is 5.39. The van der Waals surface area contributed by atoms with Crippen LogP contribution in [-0.2, 0) is 6.54 Å². The molecule has 1 heterocycles. The summed E-state index contributed by atoms with van der Waals surface area (Å²) in [4.78, 5) is 0. The molecule has 0 bridgehead atoms. The van der Waals surface area contributed by atoms with Crippen LogP contribution in [0.5, 0.6) is 5.75 Å². The maximum absolute atomic E-state index is 9.88. The minimum absolute atomic E-state index is 0.202. The molecule has 1 atom stereocenters. The zero-order valence-corrected chi connectivity index (χ0v) is 10.1. The highest BCUT2D eigenvalue weighted by Crippen LogP contribution is 2.22. The number of aromatic amines is 1. The lowest BCUT2D eigenvalue weighted by Crippen LogP contribution is -2.17. The van der Waals surface area contributed by atoms with Crippen molar-refractivity contribution < 1.29 is 5.11 Å². The molecule has 90 valence electrons. The molecular formula is C13H17N3O. The van der Waals surface area contributed by atoms with Gasteiger partial charge in [0.25, 0.3) is 0 Å². The van der Waals surface area contributed by atoms with Gasteiger partial charge in [0.1, 0.15) is 5.75 Å². The summed E-state index contributed by atoms with van der Waals surface area (Å²) < 4.78 is 0. The highest BCUT2D eigenvalue weighted by Gasteiger charge is 2.08. The van der Waals surface area contributed by atoms with E-state index in [1.807, 2.05) is 31.3 Å². The topological polar surface area (TPSA) is 60.9 Å². The molecule has 1 aromatic carbocycles. The highest BCUT2D eigenvalue weighted by atomic mass is 16.3. The molecule has 2 aromatic rings. The molecule has 0 aliphatic rings. The molecule has 0 fully saturated rings. The molecule has 0 saturated heterocycles. The lowest BCUT2D eigenvalue weighted by molar-refractivity contribution is 0.456. The van der Waals surface area contributed by atoms with Crippen LogP contribution in [0.15, 0.2) is 30.6 Å². The first-order valence-electron chi connectivity index (χ1n) is 5.68. The average Bonchev–Trinajstić information content (AvgIpc) is 2.84. The van der Waals surface area contributed by atoms with Crippen LogP contribution in [0.25, 0.3) is 0 Å². The van der Waals surface area contributed by atoms with Crippen molar-refractivity contribution >= 4 is 0 Å². The fourth-order valence-corrected chi connectivity index (χ4v) is 1.74. The number of phenolic OH excluding ortho intramolecular Hbond substituents is 1. The molecule has 3 N–H and O–H groups in total. The number of H-pyrrole nitrogens is 1. The van der Waals surface area contributed by atoms with Crippen LogP contribution in [0.1, 0.15) is 29.7 Å². The SMILES string of the molecule is Cc1cccc(CNC(C)c2cn[nH]c2)c1O. The van der Waals surface area contributed by atoms with Gasteiger partial charge in [-0.15, -0.1) is 0 Å². The number of nitrogens with one attached hydrogen (secondary N) is 2. The van der Waals surface area contributed by atoms with E-state index in [4.69, 9.17) is 0 Å². The molecule has 0 aliphatic carbocycles. The smallest absolute Gasteiger partial charge is 0.122 e. The Kier molecular flexibility index (Phi) is 3.44. The number of benzene rings is 1. The fourth-order valence-electron chi connectivity index (χ4n) is 1.74. The number of aromatic nitrogens is 2. The number of aryl methyl sites for hydroxylation is 1. The number of phenols is 1. The van der Waals surface area contributed by atoms with E-state index in [-0.39, 0.29) is 6.04 Å². The van der Waals surface area contributed by atoms with Crippen molar-refractivity contribution in [2.75, 3.05) is 0 Å². The van der Waals surface area contributed by atoms with E-state index in [2.05, 4.69) is 22.4 Å². The summed E-state index contributed by atoms with van der Waals surface area (Å²) >= 11 is 0. The van der Waals surface area contributed by atoms with Gasteiger partial charge in [0.05, 0.1) is 6.20 Å². The van der Waals surface area contributed by atoms with Crippen LogP contribution in [0.4, 0.5) is 0 Å². The Labute approximate surface area is 101 Å². The second-order valence-corrected chi connectivity index (χ2v) is 4.22. The van der Waals surface area contributed by atoms with Gasteiger partial charge in [-0.05, 0) is 19.4 Å². The summed E-state index contributed by atoms with van der Waals surface area (Å²) in [6.07, 6.45) is 3.67. The third-order valence-electron chi connectivity index (χ3n) is 2.94. The lowest BCUT2D eigenvalue weighted by atomic mass is 10.1. The fraction of sp³-hybridized carbons (Fsp3) is 0.308. The first-order chi connectivity index (χ1) is 8.18. The van der Waals surface area contributed by atoms with Crippen LogP contribution >= 0.6 is 0 Å². The Morgan fingerprint density at radius 1 is 1.47 bits per heavy atom. The summed E-state index contributed by atoms with van der Waals surface area (Å²) in [7, 11) is 0. The molecular weight excluding hydrogens is 214 g/mol. The third kappa shape index (κ3) is 2.65. The van der Waals surface area contributed by atoms with Gasteiger partial charge in [-0.2, -0.15) is 5.10 Å². The monoisotopic (exact) mass is 231 g/mol. The number of rotatable bonds is 4. The summed E-state index contributed by atoms with van der Waals surface area (Å²) in [5, 5.41) is 19.9. The number of nitrogens with zero attached hydrogens (tertiary/aromatic N) is 1. The van der Waals surface area contributed by atoms with Gasteiger partial charge < -0.3 is 10.4 Å². The summed E-state index contributed by atoms with van der Waals surface area (Å²) in [5.74, 6) is 0.374. The second-order valence-electron chi connectivity index (χ2n) is 4.22. The largest absolute Gasteiger partial charge is 0.507 e. The first kappa shape index (κ1) is 11.7. The van der Waals surface area contributed by atoms with E-state index in [1.54, 1.807) is 6.20 Å². The van der Waals surface area contributed by atoms with Crippen molar-refractivity contribution in [3.63, 3.8) is 0 Å². The van der Waals surface area contributed by atoms with Gasteiger partial charge in [0, 0.05) is 29.9 Å². The predicted molar refractivity (Wildman–Crippen MR) is 66.7 cm³/mol. The predicted octanol–water partition coefficient (Wildman–Crippen LogP) is 2.27. The molecule has 4 nitrogen and oxygen atoms in total. The maximum Gasteiger partial charge on any atom is 0.122 e. The van der Waals surface area contributed by atoms with Crippen molar-refractivity contribution in [3.05, 3.63) is 47.3 Å². The molecule has 0 aliphatic heterocycles. The average molecular weight is 231 g/mol. The van der Waals surface area contributed by atoms with E-state index < -0.39 is 0 Å². The standard InChI is InChI=1S/C13H17N3O/c1-9-4-3-5-11(13(9)17)6-14-10(2)12-7-15-16-8-12/h3-5,7-8,10,14,17H,6H2,1-2H3,(H,15,16). The number of aromatic hydroxyl groups is 1. The summed E-state index contributed by atoms with van der Waals surface area (Å²) in [6, 6.07) is 5.98. The summed E-state index contributed by atoms with van der Waals surface area (Å²) in [6.45, 7) is 4.61. The van der Waals surface area contributed by atoms with Gasteiger partial charge in [-0.1, -0.05) is 18.2 Å². The molecule has 1 aromatic heterocycles. The number of hydrogen-bond donors (Lipinski definition) is 3. The third-order valence-corrected chi connectivity index (χ3v) is 2.94. The van der Waals surface area contributed by atoms with Crippen molar-refractivity contribution in [2.24, 2.45) is 0 Å². The van der Waals surface area contributed by atoms with Crippen LogP contribution < -0.4 is 5.32 Å². The summed E-state index contributed by atoms with van der Waals surface area (Å²) in [5.41, 5.74) is 2.93. The zero-order valence-electron chi connectivity index (χ0n) is 10.1. The normalized spacial score (nSPS) is 12.6. The maximum atomic E-state index is 9.88. The molecule has 1 unspecified atom stereocenters. The molecule has 0 spiro atoms. The van der Waals surface area contributed by atoms with Gasteiger partial charge in [-0.25, -0.2) is 0 Å². The molecule has 2 rings (SSSR count). The second kappa shape index (κ2) is 5.01. The van der Waals surface area contributed by atoms with Crippen molar-refractivity contribution in [1.29, 1.82) is 0 Å². The van der Waals surface area contributed by atoms with E-state index >= 15 is 0 Å². The minimum Gasteiger partial charge on any atom is -0.507 e. The van der Waals surface area contributed by atoms with E-state index in [0.29, 0.717) is 12.3 Å². The molecule has 17 heavy (non-hydrogen) atoms. The van der Waals surface area contributed by atoms with E-state index in [1.165, 1.54) is 0 Å². The number of hydrogen-bond acceptors (Lipinski definition) is 3. The Morgan fingerprint density at radius 3 is 3.00 bits per heavy atom. The van der Waals surface area contributed by atoms with Crippen molar-refractivity contribution in [1.82, 2.24) is 15.5 Å². The van der Waals surface area contributed by atoms with Crippen LogP contribution in [0.2, 0.25) is 0 Å². The van der Waals surface area contributed by atoms with Crippen LogP contribution in [0, 0.1) is 6.92 Å². The van der Waals surface area contributed by atoms with E-state index in [0.717, 1.165) is 16.7 Å². The molecule has 4 heteroatoms. The Morgan fingerprint density at radius 2 is 2.29 bits per heavy atom. The van der Waals surface area contributed by atoms with Gasteiger partial charge in [-0.3, -0.25) is 5.10 Å². The molecule has 0 saturated carbocycles. The first-order valence-corrected chi connectivity index (χ1v) is 5.68. The van der Waals surface area contributed by atoms with Gasteiger partial charge in [0.2, 0.25) is 0 Å². The van der Waals surface area contributed by atoms with Crippen molar-refractivity contribution in [3.8, 4) is 5.75 Å². The Balaban J connectivity index is 2.00. The quantitative estimate of drug-likeness (QED) is 0.756. The molecule has 0 radical (unpaired) electrons. The Bertz CT molecular complexity index is 479. The van der Waals surface area contributed by atoms with Gasteiger partial charge in [0.15, 0.2) is 0 Å². The van der Waals surface area contributed by atoms with Crippen molar-refractivity contribution in [2.45, 2.75) is 26.4 Å². The zero-order chi connectivity index (χ0) is 12.3. The van der Waals surface area contributed by atoms with Crippen LogP contribution in [0.3, 0.4) is 0 Å². The Hall–Kier alpha value is -1.81. The molecule has 0 amide bonds. The number of para-hydroxylation sites is 1. The van der Waals surface area contributed by atoms with E-state index in [9.17, 15) is 5.11 Å². The minimum atomic E-state index is 0.202. The van der Waals surface area contributed by atoms with Crippen LogP contribution in [-0.4, -0.2) is 15.3 Å². The van der Waals surface area contributed by atoms with Gasteiger partial charge >= 0.3 is 0 Å².